The van der Waals surface area contributed by atoms with E-state index in [2.05, 4.69) is 66.4 Å². The number of benzene rings is 4. The van der Waals surface area contributed by atoms with Crippen LogP contribution in [0.3, 0.4) is 0 Å². The highest BCUT2D eigenvalue weighted by Crippen LogP contribution is 2.29. The maximum atomic E-state index is 5.69. The number of rotatable bonds is 3. The molecule has 0 nitrogen and oxygen atoms in total. The van der Waals surface area contributed by atoms with Crippen molar-refractivity contribution in [3.63, 3.8) is 0 Å². The van der Waals surface area contributed by atoms with Crippen LogP contribution in [-0.2, 0) is 12.8 Å². The lowest BCUT2D eigenvalue weighted by molar-refractivity contribution is 0.972. The molecule has 0 heteroatoms. The summed E-state index contributed by atoms with van der Waals surface area (Å²) in [5.74, 6) is 5.50. The van der Waals surface area contributed by atoms with E-state index in [1.807, 2.05) is 18.2 Å². The van der Waals surface area contributed by atoms with Crippen LogP contribution >= 0.6 is 0 Å². The molecule has 0 aliphatic carbocycles. The second kappa shape index (κ2) is 6.79. The molecule has 4 aromatic rings. The topological polar surface area (TPSA) is 0 Å². The molecule has 0 fully saturated rings. The standard InChI is InChI=1S/C26H18/c1-3-19-13-14-20(4-2)21(17-19)15-16-26-24-11-7-5-9-22(24)18-23-10-6-8-12-25(23)26/h1-2,5-14,17-18H,15-16H2. The van der Waals surface area contributed by atoms with Crippen LogP contribution in [-0.4, -0.2) is 0 Å². The first-order valence-corrected chi connectivity index (χ1v) is 8.75. The van der Waals surface area contributed by atoms with E-state index in [1.165, 1.54) is 27.1 Å². The Morgan fingerprint density at radius 1 is 0.654 bits per heavy atom. The normalized spacial score (nSPS) is 10.5. The number of aryl methyl sites for hydroxylation is 2. The molecule has 0 aliphatic heterocycles. The van der Waals surface area contributed by atoms with Gasteiger partial charge >= 0.3 is 0 Å². The van der Waals surface area contributed by atoms with Crippen LogP contribution in [0.15, 0.2) is 72.8 Å². The molecule has 0 radical (unpaired) electrons. The molecule has 0 aromatic heterocycles. The summed E-state index contributed by atoms with van der Waals surface area (Å²) < 4.78 is 0. The van der Waals surface area contributed by atoms with Gasteiger partial charge < -0.3 is 0 Å². The highest BCUT2D eigenvalue weighted by Gasteiger charge is 2.09. The molecule has 0 unspecified atom stereocenters. The quantitative estimate of drug-likeness (QED) is 0.332. The Morgan fingerprint density at radius 2 is 1.31 bits per heavy atom. The van der Waals surface area contributed by atoms with E-state index in [0.717, 1.165) is 29.5 Å². The minimum atomic E-state index is 0.868. The monoisotopic (exact) mass is 330 g/mol. The first kappa shape index (κ1) is 16.0. The van der Waals surface area contributed by atoms with Crippen LogP contribution in [0.25, 0.3) is 21.5 Å². The SMILES string of the molecule is C#Cc1ccc(C#C)c(CCc2c3ccccc3cc3ccccc23)c1. The lowest BCUT2D eigenvalue weighted by Gasteiger charge is -2.13. The van der Waals surface area contributed by atoms with E-state index >= 15 is 0 Å². The average molecular weight is 330 g/mol. The predicted octanol–water partition coefficient (Wildman–Crippen LogP) is 5.74. The Hall–Kier alpha value is -3.48. The minimum Gasteiger partial charge on any atom is -0.115 e. The van der Waals surface area contributed by atoms with E-state index < -0.39 is 0 Å². The van der Waals surface area contributed by atoms with E-state index in [0.29, 0.717) is 0 Å². The summed E-state index contributed by atoms with van der Waals surface area (Å²) >= 11 is 0. The van der Waals surface area contributed by atoms with Crippen molar-refractivity contribution in [3.8, 4) is 24.7 Å². The van der Waals surface area contributed by atoms with Crippen molar-refractivity contribution in [2.75, 3.05) is 0 Å². The highest BCUT2D eigenvalue weighted by atomic mass is 14.1. The van der Waals surface area contributed by atoms with Crippen LogP contribution in [0.5, 0.6) is 0 Å². The molecule has 0 bridgehead atoms. The van der Waals surface area contributed by atoms with E-state index in [1.54, 1.807) is 0 Å². The summed E-state index contributed by atoms with van der Waals surface area (Å²) in [6.45, 7) is 0. The maximum Gasteiger partial charge on any atom is 0.0275 e. The summed E-state index contributed by atoms with van der Waals surface area (Å²) in [6.07, 6.45) is 13.0. The van der Waals surface area contributed by atoms with Crippen LogP contribution in [0.4, 0.5) is 0 Å². The first-order valence-electron chi connectivity index (χ1n) is 8.75. The molecule has 0 saturated heterocycles. The Labute approximate surface area is 154 Å². The molecule has 0 N–H and O–H groups in total. The highest BCUT2D eigenvalue weighted by molar-refractivity contribution is 6.02. The fourth-order valence-corrected chi connectivity index (χ4v) is 3.67. The van der Waals surface area contributed by atoms with Gasteiger partial charge in [-0.2, -0.15) is 0 Å². The summed E-state index contributed by atoms with van der Waals surface area (Å²) in [5.41, 5.74) is 4.31. The van der Waals surface area contributed by atoms with Crippen LogP contribution < -0.4 is 0 Å². The van der Waals surface area contributed by atoms with E-state index in [4.69, 9.17) is 12.8 Å². The zero-order valence-corrected chi connectivity index (χ0v) is 14.5. The minimum absolute atomic E-state index is 0.868. The Morgan fingerprint density at radius 3 is 1.92 bits per heavy atom. The summed E-state index contributed by atoms with van der Waals surface area (Å²) in [6, 6.07) is 25.3. The third kappa shape index (κ3) is 2.83. The molecule has 0 aliphatic rings. The number of fused-ring (bicyclic) bond motifs is 2. The molecule has 26 heavy (non-hydrogen) atoms. The Balaban J connectivity index is 1.83. The predicted molar refractivity (Wildman–Crippen MR) is 111 cm³/mol. The van der Waals surface area contributed by atoms with Gasteiger partial charge in [-0.1, -0.05) is 60.4 Å². The van der Waals surface area contributed by atoms with Crippen molar-refractivity contribution in [2.24, 2.45) is 0 Å². The van der Waals surface area contributed by atoms with E-state index in [9.17, 15) is 0 Å². The van der Waals surface area contributed by atoms with Gasteiger partial charge in [-0.3, -0.25) is 0 Å². The maximum absolute atomic E-state index is 5.69. The van der Waals surface area contributed by atoms with Crippen LogP contribution in [0.1, 0.15) is 22.3 Å². The average Bonchev–Trinajstić information content (AvgIpc) is 2.70. The van der Waals surface area contributed by atoms with Gasteiger partial charge in [0.05, 0.1) is 0 Å². The molecular weight excluding hydrogens is 312 g/mol. The molecule has 0 heterocycles. The van der Waals surface area contributed by atoms with Gasteiger partial charge in [0.1, 0.15) is 0 Å². The number of hydrogen-bond acceptors (Lipinski definition) is 0. The van der Waals surface area contributed by atoms with Crippen molar-refractivity contribution in [3.05, 3.63) is 95.1 Å². The van der Waals surface area contributed by atoms with Crippen LogP contribution in [0.2, 0.25) is 0 Å². The Kier molecular flexibility index (Phi) is 4.18. The largest absolute Gasteiger partial charge is 0.115 e. The molecule has 0 atom stereocenters. The van der Waals surface area contributed by atoms with Gasteiger partial charge in [0.25, 0.3) is 0 Å². The molecule has 0 amide bonds. The fraction of sp³-hybridized carbons (Fsp3) is 0.0769. The Bertz CT molecular complexity index is 1140. The third-order valence-corrected chi connectivity index (χ3v) is 4.95. The second-order valence-corrected chi connectivity index (χ2v) is 6.46. The van der Waals surface area contributed by atoms with Crippen molar-refractivity contribution >= 4 is 21.5 Å². The molecular formula is C26H18. The second-order valence-electron chi connectivity index (χ2n) is 6.46. The van der Waals surface area contributed by atoms with Gasteiger partial charge in [0.2, 0.25) is 0 Å². The zero-order chi connectivity index (χ0) is 17.9. The molecule has 0 spiro atoms. The van der Waals surface area contributed by atoms with Gasteiger partial charge in [0, 0.05) is 11.1 Å². The van der Waals surface area contributed by atoms with Crippen LogP contribution in [0, 0.1) is 24.7 Å². The van der Waals surface area contributed by atoms with Gasteiger partial charge in [0.15, 0.2) is 0 Å². The first-order chi connectivity index (χ1) is 12.8. The smallest absolute Gasteiger partial charge is 0.0275 e. The molecule has 0 saturated carbocycles. The summed E-state index contributed by atoms with van der Waals surface area (Å²) in [4.78, 5) is 0. The molecule has 4 aromatic carbocycles. The van der Waals surface area contributed by atoms with E-state index in [-0.39, 0.29) is 0 Å². The number of hydrogen-bond donors (Lipinski definition) is 0. The zero-order valence-electron chi connectivity index (χ0n) is 14.5. The molecule has 4 rings (SSSR count). The van der Waals surface area contributed by atoms with Crippen molar-refractivity contribution in [2.45, 2.75) is 12.8 Å². The fourth-order valence-electron chi connectivity index (χ4n) is 3.67. The van der Waals surface area contributed by atoms with Gasteiger partial charge in [-0.25, -0.2) is 0 Å². The van der Waals surface area contributed by atoms with Crippen molar-refractivity contribution in [1.82, 2.24) is 0 Å². The lowest BCUT2D eigenvalue weighted by Crippen LogP contribution is -1.98. The summed E-state index contributed by atoms with van der Waals surface area (Å²) in [7, 11) is 0. The van der Waals surface area contributed by atoms with Crippen molar-refractivity contribution < 1.29 is 0 Å². The third-order valence-electron chi connectivity index (χ3n) is 4.95. The van der Waals surface area contributed by atoms with Crippen molar-refractivity contribution in [1.29, 1.82) is 0 Å². The molecule has 122 valence electrons. The summed E-state index contributed by atoms with van der Waals surface area (Å²) in [5, 5.41) is 5.16. The number of terminal acetylenes is 2. The van der Waals surface area contributed by atoms with Gasteiger partial charge in [-0.15, -0.1) is 12.8 Å². The van der Waals surface area contributed by atoms with Gasteiger partial charge in [-0.05, 0) is 69.8 Å². The lowest BCUT2D eigenvalue weighted by atomic mass is 9.91.